The van der Waals surface area contributed by atoms with Crippen molar-refractivity contribution in [2.75, 3.05) is 37.4 Å². The van der Waals surface area contributed by atoms with Crippen molar-refractivity contribution in [3.8, 4) is 0 Å². The highest BCUT2D eigenvalue weighted by molar-refractivity contribution is 5.95. The summed E-state index contributed by atoms with van der Waals surface area (Å²) in [4.78, 5) is 26.5. The van der Waals surface area contributed by atoms with Crippen LogP contribution >= 0.6 is 0 Å². The number of alkyl halides is 6. The number of halogens is 6. The molecule has 0 saturated carbocycles. The summed E-state index contributed by atoms with van der Waals surface area (Å²) in [7, 11) is 3.23. The summed E-state index contributed by atoms with van der Waals surface area (Å²) in [6.07, 6.45) is -9.32. The number of carboxylic acids is 1. The third-order valence-corrected chi connectivity index (χ3v) is 3.90. The number of aromatic nitrogens is 1. The highest BCUT2D eigenvalue weighted by atomic mass is 19.4. The van der Waals surface area contributed by atoms with Gasteiger partial charge in [0.1, 0.15) is 0 Å². The van der Waals surface area contributed by atoms with E-state index >= 15 is 0 Å². The average Bonchev–Trinajstić information content (AvgIpc) is 2.60. The maximum absolute atomic E-state index is 12.8. The molecule has 1 aromatic rings. The van der Waals surface area contributed by atoms with E-state index in [2.05, 4.69) is 15.6 Å². The van der Waals surface area contributed by atoms with Crippen molar-refractivity contribution in [3.05, 3.63) is 17.8 Å². The van der Waals surface area contributed by atoms with E-state index in [-0.39, 0.29) is 18.1 Å². The summed E-state index contributed by atoms with van der Waals surface area (Å²) in [6.45, 7) is 0.871. The van der Waals surface area contributed by atoms with E-state index in [0.29, 0.717) is 13.0 Å². The van der Waals surface area contributed by atoms with E-state index in [9.17, 15) is 36.2 Å². The first-order valence-electron chi connectivity index (χ1n) is 8.39. The number of hydrogen-bond acceptors (Lipinski definition) is 6. The Labute approximate surface area is 166 Å². The molecule has 1 saturated heterocycles. The third-order valence-electron chi connectivity index (χ3n) is 3.90. The Balaban J connectivity index is 0.000000553. The van der Waals surface area contributed by atoms with E-state index in [1.807, 2.05) is 0 Å². The lowest BCUT2D eigenvalue weighted by atomic mass is 9.95. The van der Waals surface area contributed by atoms with Crippen LogP contribution in [0.1, 0.15) is 12.0 Å². The number of piperidine rings is 1. The van der Waals surface area contributed by atoms with Crippen molar-refractivity contribution < 1.29 is 46.1 Å². The van der Waals surface area contributed by atoms with Crippen LogP contribution in [-0.2, 0) is 15.8 Å². The maximum atomic E-state index is 12.8. The van der Waals surface area contributed by atoms with Gasteiger partial charge in [-0.15, -0.1) is 0 Å². The molecule has 30 heavy (non-hydrogen) atoms. The second kappa shape index (κ2) is 9.93. The topological polar surface area (TPSA) is 115 Å². The Morgan fingerprint density at radius 3 is 2.23 bits per heavy atom. The van der Waals surface area contributed by atoms with Gasteiger partial charge < -0.3 is 25.7 Å². The zero-order valence-corrected chi connectivity index (χ0v) is 15.8. The molecular formula is C16H20F6N4O4. The van der Waals surface area contributed by atoms with Crippen molar-refractivity contribution >= 4 is 23.4 Å². The maximum Gasteiger partial charge on any atom is 0.490 e. The summed E-state index contributed by atoms with van der Waals surface area (Å²) in [5, 5.41) is 22.4. The minimum atomic E-state index is -5.08. The molecule has 1 amide bonds. The second-order valence-corrected chi connectivity index (χ2v) is 6.45. The number of rotatable bonds is 3. The lowest BCUT2D eigenvalue weighted by molar-refractivity contribution is -0.192. The van der Waals surface area contributed by atoms with Crippen LogP contribution in [0.5, 0.6) is 0 Å². The normalized spacial score (nSPS) is 19.4. The molecule has 8 nitrogen and oxygen atoms in total. The van der Waals surface area contributed by atoms with E-state index < -0.39 is 41.8 Å². The minimum absolute atomic E-state index is 0.0346. The third kappa shape index (κ3) is 7.33. The number of hydrogen-bond donors (Lipinski definition) is 4. The molecule has 1 fully saturated rings. The molecule has 2 unspecified atom stereocenters. The summed E-state index contributed by atoms with van der Waals surface area (Å²) in [5.41, 5.74) is -0.978. The fraction of sp³-hybridized carbons (Fsp3) is 0.562. The molecule has 1 aliphatic rings. The summed E-state index contributed by atoms with van der Waals surface area (Å²) < 4.78 is 70.3. The summed E-state index contributed by atoms with van der Waals surface area (Å²) in [6, 6.07) is 0.850. The van der Waals surface area contributed by atoms with Crippen LogP contribution in [0.4, 0.5) is 37.8 Å². The van der Waals surface area contributed by atoms with Crippen molar-refractivity contribution in [1.29, 1.82) is 0 Å². The molecule has 0 bridgehead atoms. The van der Waals surface area contributed by atoms with E-state index in [0.717, 1.165) is 12.3 Å². The fourth-order valence-corrected chi connectivity index (χ4v) is 2.40. The number of nitrogens with zero attached hydrogens (tertiary/aromatic N) is 2. The number of carbonyl (C=O) groups is 2. The molecule has 2 heterocycles. The van der Waals surface area contributed by atoms with Gasteiger partial charge in [0.15, 0.2) is 5.82 Å². The Hall–Kier alpha value is -2.61. The van der Waals surface area contributed by atoms with Crippen LogP contribution in [0.2, 0.25) is 0 Å². The first-order chi connectivity index (χ1) is 13.6. The van der Waals surface area contributed by atoms with Gasteiger partial charge in [0.25, 0.3) is 0 Å². The quantitative estimate of drug-likeness (QED) is 0.523. The van der Waals surface area contributed by atoms with Crippen LogP contribution in [-0.4, -0.2) is 66.5 Å². The number of aliphatic hydroxyl groups excluding tert-OH is 1. The van der Waals surface area contributed by atoms with Gasteiger partial charge >= 0.3 is 18.3 Å². The standard InChI is InChI=1S/C14H19F3N4O2.C2HF3O2/c1-21(2)12-10(5-8(6-19-12)14(15,16)17)20-13(23)9-7-18-4-3-11(9)22;3-2(4,5)1(6)7/h5-6,9,11,18,22H,3-4,7H2,1-2H3,(H,20,23);(H,6,7). The Kier molecular flexibility index (Phi) is 8.42. The number of amides is 1. The predicted molar refractivity (Wildman–Crippen MR) is 92.9 cm³/mol. The number of anilines is 2. The molecule has 2 rings (SSSR count). The van der Waals surface area contributed by atoms with Crippen molar-refractivity contribution in [1.82, 2.24) is 10.3 Å². The van der Waals surface area contributed by atoms with Gasteiger partial charge in [-0.3, -0.25) is 4.79 Å². The summed E-state index contributed by atoms with van der Waals surface area (Å²) >= 11 is 0. The van der Waals surface area contributed by atoms with Gasteiger partial charge in [-0.2, -0.15) is 26.3 Å². The number of nitrogens with one attached hydrogen (secondary N) is 2. The van der Waals surface area contributed by atoms with Gasteiger partial charge in [0, 0.05) is 26.8 Å². The molecule has 14 heteroatoms. The minimum Gasteiger partial charge on any atom is -0.475 e. The number of aliphatic hydroxyl groups is 1. The van der Waals surface area contributed by atoms with Crippen LogP contribution in [0, 0.1) is 5.92 Å². The van der Waals surface area contributed by atoms with E-state index in [1.165, 1.54) is 4.90 Å². The van der Waals surface area contributed by atoms with Gasteiger partial charge in [-0.05, 0) is 19.0 Å². The van der Waals surface area contributed by atoms with Gasteiger partial charge in [0.05, 0.1) is 23.3 Å². The number of carbonyl (C=O) groups excluding carboxylic acids is 1. The van der Waals surface area contributed by atoms with Gasteiger partial charge in [-0.25, -0.2) is 9.78 Å². The zero-order chi connectivity index (χ0) is 23.3. The number of pyridine rings is 1. The first kappa shape index (κ1) is 25.4. The van der Waals surface area contributed by atoms with Gasteiger partial charge in [-0.1, -0.05) is 0 Å². The average molecular weight is 446 g/mol. The summed E-state index contributed by atoms with van der Waals surface area (Å²) in [5.74, 6) is -3.79. The lowest BCUT2D eigenvalue weighted by Gasteiger charge is -2.28. The lowest BCUT2D eigenvalue weighted by Crippen LogP contribution is -2.46. The van der Waals surface area contributed by atoms with Crippen LogP contribution in [0.15, 0.2) is 12.3 Å². The molecule has 0 spiro atoms. The predicted octanol–water partition coefficient (Wildman–Crippen LogP) is 1.71. The Morgan fingerprint density at radius 1 is 1.23 bits per heavy atom. The highest BCUT2D eigenvalue weighted by Crippen LogP contribution is 2.33. The molecule has 1 aromatic heterocycles. The molecule has 2 atom stereocenters. The van der Waals surface area contributed by atoms with Crippen LogP contribution in [0.25, 0.3) is 0 Å². The number of aliphatic carboxylic acids is 1. The van der Waals surface area contributed by atoms with Crippen molar-refractivity contribution in [2.45, 2.75) is 24.9 Å². The van der Waals surface area contributed by atoms with Gasteiger partial charge in [0.2, 0.25) is 5.91 Å². The fourth-order valence-electron chi connectivity index (χ4n) is 2.40. The van der Waals surface area contributed by atoms with E-state index in [4.69, 9.17) is 9.90 Å². The molecule has 0 radical (unpaired) electrons. The van der Waals surface area contributed by atoms with Crippen molar-refractivity contribution in [2.24, 2.45) is 5.92 Å². The molecule has 0 aliphatic carbocycles. The highest BCUT2D eigenvalue weighted by Gasteiger charge is 2.38. The Morgan fingerprint density at radius 2 is 1.80 bits per heavy atom. The zero-order valence-electron chi connectivity index (χ0n) is 15.8. The Bertz CT molecular complexity index is 754. The SMILES string of the molecule is CN(C)c1ncc(C(F)(F)F)cc1NC(=O)C1CNCCC1O.O=C(O)C(F)(F)F. The molecular weight excluding hydrogens is 426 g/mol. The largest absolute Gasteiger partial charge is 0.490 e. The van der Waals surface area contributed by atoms with Crippen LogP contribution in [0.3, 0.4) is 0 Å². The molecule has 0 aromatic carbocycles. The molecule has 4 N–H and O–H groups in total. The molecule has 1 aliphatic heterocycles. The number of carboxylic acid groups (broad SMARTS) is 1. The first-order valence-corrected chi connectivity index (χ1v) is 8.39. The smallest absolute Gasteiger partial charge is 0.475 e. The van der Waals surface area contributed by atoms with Crippen molar-refractivity contribution in [3.63, 3.8) is 0 Å². The van der Waals surface area contributed by atoms with E-state index in [1.54, 1.807) is 14.1 Å². The monoisotopic (exact) mass is 446 g/mol. The second-order valence-electron chi connectivity index (χ2n) is 6.45. The molecule has 170 valence electrons. The van der Waals surface area contributed by atoms with Crippen LogP contribution < -0.4 is 15.5 Å².